The van der Waals surface area contributed by atoms with Crippen LogP contribution in [0.3, 0.4) is 0 Å². The van der Waals surface area contributed by atoms with Crippen LogP contribution in [0, 0.1) is 0 Å². The van der Waals surface area contributed by atoms with E-state index in [0.29, 0.717) is 10.5 Å². The van der Waals surface area contributed by atoms with E-state index in [9.17, 15) is 18.3 Å². The van der Waals surface area contributed by atoms with Crippen molar-refractivity contribution in [2.24, 2.45) is 0 Å². The summed E-state index contributed by atoms with van der Waals surface area (Å²) in [6.07, 6.45) is -5.36. The van der Waals surface area contributed by atoms with Crippen LogP contribution in [0.15, 0.2) is 18.2 Å². The van der Waals surface area contributed by atoms with Crippen molar-refractivity contribution in [1.82, 2.24) is 15.1 Å². The molecule has 3 rings (SSSR count). The third-order valence-electron chi connectivity index (χ3n) is 4.19. The number of rotatable bonds is 3. The number of alkyl halides is 3. The summed E-state index contributed by atoms with van der Waals surface area (Å²) in [4.78, 5) is 0. The van der Waals surface area contributed by atoms with E-state index in [1.807, 2.05) is 0 Å². The fourth-order valence-corrected chi connectivity index (χ4v) is 3.15. The summed E-state index contributed by atoms with van der Waals surface area (Å²) in [5.74, 6) is 0.182. The molecule has 1 aliphatic rings. The van der Waals surface area contributed by atoms with Gasteiger partial charge < -0.3 is 10.4 Å². The van der Waals surface area contributed by atoms with Crippen LogP contribution in [0.4, 0.5) is 13.2 Å². The van der Waals surface area contributed by atoms with Crippen molar-refractivity contribution in [3.05, 3.63) is 28.9 Å². The fraction of sp³-hybridized carbons (Fsp3) is 0.533. The first-order valence-electron chi connectivity index (χ1n) is 7.47. The largest absolute Gasteiger partial charge is 0.416 e. The van der Waals surface area contributed by atoms with E-state index < -0.39 is 18.8 Å². The minimum atomic E-state index is -4.67. The Morgan fingerprint density at radius 2 is 2.04 bits per heavy atom. The smallest absolute Gasteiger partial charge is 0.382 e. The van der Waals surface area contributed by atoms with Crippen molar-refractivity contribution in [2.75, 3.05) is 13.1 Å². The number of aromatic nitrogens is 2. The first-order chi connectivity index (χ1) is 10.9. The Kier molecular flexibility index (Phi) is 4.53. The Morgan fingerprint density at radius 3 is 2.70 bits per heavy atom. The van der Waals surface area contributed by atoms with Crippen LogP contribution in [0.25, 0.3) is 10.9 Å². The molecule has 2 aromatic rings. The van der Waals surface area contributed by atoms with E-state index in [0.717, 1.165) is 37.0 Å². The van der Waals surface area contributed by atoms with Gasteiger partial charge >= 0.3 is 6.18 Å². The van der Waals surface area contributed by atoms with Gasteiger partial charge in [-0.3, -0.25) is 4.68 Å². The highest BCUT2D eigenvalue weighted by Gasteiger charge is 2.39. The number of hydrogen-bond acceptors (Lipinski definition) is 3. The first-order valence-corrected chi connectivity index (χ1v) is 7.85. The second-order valence-electron chi connectivity index (χ2n) is 5.81. The molecule has 1 fully saturated rings. The first kappa shape index (κ1) is 16.5. The van der Waals surface area contributed by atoms with Crippen LogP contribution in [-0.4, -0.2) is 40.3 Å². The Hall–Kier alpha value is -1.31. The molecule has 126 valence electrons. The van der Waals surface area contributed by atoms with Crippen LogP contribution < -0.4 is 5.32 Å². The number of halogens is 4. The van der Waals surface area contributed by atoms with Crippen molar-refractivity contribution < 1.29 is 18.3 Å². The second kappa shape index (κ2) is 6.30. The molecule has 0 amide bonds. The molecule has 23 heavy (non-hydrogen) atoms. The third kappa shape index (κ3) is 3.46. The van der Waals surface area contributed by atoms with Gasteiger partial charge in [0.25, 0.3) is 0 Å². The van der Waals surface area contributed by atoms with Crippen LogP contribution in [0.2, 0.25) is 5.02 Å². The summed E-state index contributed by atoms with van der Waals surface area (Å²) in [6.45, 7) is 1.09. The van der Waals surface area contributed by atoms with E-state index in [4.69, 9.17) is 11.6 Å². The highest BCUT2D eigenvalue weighted by molar-refractivity contribution is 6.31. The van der Waals surface area contributed by atoms with Gasteiger partial charge in [-0.1, -0.05) is 11.6 Å². The number of benzene rings is 1. The number of nitrogens with one attached hydrogen (secondary N) is 1. The van der Waals surface area contributed by atoms with Crippen molar-refractivity contribution in [3.8, 4) is 0 Å². The van der Waals surface area contributed by atoms with Crippen LogP contribution in [-0.2, 0) is 6.54 Å². The summed E-state index contributed by atoms with van der Waals surface area (Å²) in [5, 5.41) is 18.3. The molecule has 0 saturated carbocycles. The summed E-state index contributed by atoms with van der Waals surface area (Å²) >= 11 is 6.04. The molecule has 0 aliphatic carbocycles. The van der Waals surface area contributed by atoms with E-state index in [-0.39, 0.29) is 5.92 Å². The molecule has 2 N–H and O–H groups in total. The summed E-state index contributed by atoms with van der Waals surface area (Å²) in [5.41, 5.74) is 1.32. The number of piperidine rings is 1. The van der Waals surface area contributed by atoms with Gasteiger partial charge in [0.15, 0.2) is 6.10 Å². The van der Waals surface area contributed by atoms with E-state index >= 15 is 0 Å². The maximum absolute atomic E-state index is 12.6. The summed E-state index contributed by atoms with van der Waals surface area (Å²) in [7, 11) is 0. The maximum atomic E-state index is 12.6. The van der Waals surface area contributed by atoms with Gasteiger partial charge in [-0.05, 0) is 44.1 Å². The molecule has 1 aromatic carbocycles. The number of aliphatic hydroxyl groups is 1. The Morgan fingerprint density at radius 1 is 1.35 bits per heavy atom. The van der Waals surface area contributed by atoms with Gasteiger partial charge in [0.1, 0.15) is 0 Å². The van der Waals surface area contributed by atoms with Gasteiger partial charge in [-0.15, -0.1) is 0 Å². The maximum Gasteiger partial charge on any atom is 0.416 e. The SMILES string of the molecule is O[C@@H](Cn1nc(C2CCNCC2)c2cc(Cl)ccc21)C(F)(F)F. The van der Waals surface area contributed by atoms with Crippen LogP contribution >= 0.6 is 11.6 Å². The predicted octanol–water partition coefficient (Wildman–Crippen LogP) is 3.08. The van der Waals surface area contributed by atoms with Crippen molar-refractivity contribution in [3.63, 3.8) is 0 Å². The average Bonchev–Trinajstić information content (AvgIpc) is 2.85. The van der Waals surface area contributed by atoms with Gasteiger partial charge in [0, 0.05) is 16.3 Å². The monoisotopic (exact) mass is 347 g/mol. The van der Waals surface area contributed by atoms with Crippen molar-refractivity contribution in [2.45, 2.75) is 37.6 Å². The van der Waals surface area contributed by atoms with Crippen LogP contribution in [0.1, 0.15) is 24.5 Å². The fourth-order valence-electron chi connectivity index (χ4n) is 2.98. The number of aliphatic hydroxyl groups excluding tert-OH is 1. The van der Waals surface area contributed by atoms with Crippen LogP contribution in [0.5, 0.6) is 0 Å². The normalized spacial score (nSPS) is 18.5. The minimum absolute atomic E-state index is 0.182. The third-order valence-corrected chi connectivity index (χ3v) is 4.43. The van der Waals surface area contributed by atoms with Gasteiger partial charge in [0.2, 0.25) is 0 Å². The Labute approximate surface area is 136 Å². The minimum Gasteiger partial charge on any atom is -0.382 e. The molecule has 0 bridgehead atoms. The molecule has 1 aromatic heterocycles. The topological polar surface area (TPSA) is 50.1 Å². The number of nitrogens with zero attached hydrogens (tertiary/aromatic N) is 2. The molecule has 4 nitrogen and oxygen atoms in total. The highest BCUT2D eigenvalue weighted by Crippen LogP contribution is 2.33. The Balaban J connectivity index is 2.01. The molecule has 2 heterocycles. The molecular formula is C15H17ClF3N3O. The lowest BCUT2D eigenvalue weighted by molar-refractivity contribution is -0.207. The molecule has 1 saturated heterocycles. The van der Waals surface area contributed by atoms with Crippen molar-refractivity contribution >= 4 is 22.5 Å². The predicted molar refractivity (Wildman–Crippen MR) is 81.6 cm³/mol. The van der Waals surface area contributed by atoms with E-state index in [1.54, 1.807) is 18.2 Å². The van der Waals surface area contributed by atoms with Gasteiger partial charge in [-0.2, -0.15) is 18.3 Å². The van der Waals surface area contributed by atoms with E-state index in [2.05, 4.69) is 10.4 Å². The quantitative estimate of drug-likeness (QED) is 0.897. The molecular weight excluding hydrogens is 331 g/mol. The molecule has 1 aliphatic heterocycles. The standard InChI is InChI=1S/C15H17ClF3N3O/c16-10-1-2-12-11(7-10)14(9-3-5-20-6-4-9)21-22(12)8-13(23)15(17,18)19/h1-2,7,9,13,20,23H,3-6,8H2/t13-/m0/s1. The van der Waals surface area contributed by atoms with Gasteiger partial charge in [0.05, 0.1) is 17.8 Å². The highest BCUT2D eigenvalue weighted by atomic mass is 35.5. The van der Waals surface area contributed by atoms with Gasteiger partial charge in [-0.25, -0.2) is 0 Å². The lowest BCUT2D eigenvalue weighted by Crippen LogP contribution is -2.33. The summed E-state index contributed by atoms with van der Waals surface area (Å²) in [6, 6.07) is 5.00. The van der Waals surface area contributed by atoms with Crippen molar-refractivity contribution in [1.29, 1.82) is 0 Å². The average molecular weight is 348 g/mol. The molecule has 0 unspecified atom stereocenters. The zero-order valence-corrected chi connectivity index (χ0v) is 13.0. The van der Waals surface area contributed by atoms with E-state index in [1.165, 1.54) is 4.68 Å². The molecule has 0 spiro atoms. The molecule has 8 heteroatoms. The lowest BCUT2D eigenvalue weighted by Gasteiger charge is -2.21. The number of fused-ring (bicyclic) bond motifs is 1. The molecule has 0 radical (unpaired) electrons. The molecule has 1 atom stereocenters. The number of hydrogen-bond donors (Lipinski definition) is 2. The zero-order valence-electron chi connectivity index (χ0n) is 12.3. The summed E-state index contributed by atoms with van der Waals surface area (Å²) < 4.78 is 39.2. The zero-order chi connectivity index (χ0) is 16.6. The second-order valence-corrected chi connectivity index (χ2v) is 6.25. The lowest BCUT2D eigenvalue weighted by atomic mass is 9.93. The Bertz CT molecular complexity index is 695.